The van der Waals surface area contributed by atoms with Gasteiger partial charge in [0.15, 0.2) is 6.61 Å². The standard InChI is InChI=1S/C15H19NO4/c1-11-5-2-3-6-12(11)20-9-13(17)16-10-15(14(18)19)7-4-8-15/h2-3,5-6H,4,7-10H2,1H3,(H,16,17)(H,18,19). The molecular formula is C15H19NO4. The number of hydrogen-bond acceptors (Lipinski definition) is 3. The Morgan fingerprint density at radius 3 is 2.60 bits per heavy atom. The van der Waals surface area contributed by atoms with Crippen molar-refractivity contribution in [2.45, 2.75) is 26.2 Å². The lowest BCUT2D eigenvalue weighted by molar-refractivity contribution is -0.154. The van der Waals surface area contributed by atoms with E-state index in [9.17, 15) is 9.59 Å². The smallest absolute Gasteiger partial charge is 0.311 e. The molecule has 108 valence electrons. The Labute approximate surface area is 117 Å². The summed E-state index contributed by atoms with van der Waals surface area (Å²) < 4.78 is 5.42. The lowest BCUT2D eigenvalue weighted by Crippen LogP contribution is -2.48. The number of ether oxygens (including phenoxy) is 1. The lowest BCUT2D eigenvalue weighted by atomic mass is 9.69. The van der Waals surface area contributed by atoms with E-state index in [4.69, 9.17) is 9.84 Å². The molecule has 20 heavy (non-hydrogen) atoms. The number of aryl methyl sites for hydroxylation is 1. The minimum absolute atomic E-state index is 0.0967. The molecule has 0 saturated heterocycles. The van der Waals surface area contributed by atoms with Gasteiger partial charge in [-0.15, -0.1) is 0 Å². The Morgan fingerprint density at radius 1 is 1.35 bits per heavy atom. The molecule has 1 fully saturated rings. The summed E-state index contributed by atoms with van der Waals surface area (Å²) in [6.45, 7) is 1.99. The molecule has 1 aromatic rings. The molecule has 1 aliphatic carbocycles. The average Bonchev–Trinajstić information content (AvgIpc) is 2.36. The predicted molar refractivity (Wildman–Crippen MR) is 73.6 cm³/mol. The van der Waals surface area contributed by atoms with Crippen LogP contribution in [-0.4, -0.2) is 30.1 Å². The van der Waals surface area contributed by atoms with Gasteiger partial charge in [-0.2, -0.15) is 0 Å². The van der Waals surface area contributed by atoms with Crippen LogP contribution < -0.4 is 10.1 Å². The first-order chi connectivity index (χ1) is 9.53. The molecule has 1 saturated carbocycles. The van der Waals surface area contributed by atoms with Crippen LogP contribution in [0.15, 0.2) is 24.3 Å². The third-order valence-corrected chi connectivity index (χ3v) is 3.84. The fourth-order valence-corrected chi connectivity index (χ4v) is 2.25. The number of carboxylic acids is 1. The lowest BCUT2D eigenvalue weighted by Gasteiger charge is -2.37. The summed E-state index contributed by atoms with van der Waals surface area (Å²) in [5.41, 5.74) is 0.194. The highest BCUT2D eigenvalue weighted by Crippen LogP contribution is 2.40. The van der Waals surface area contributed by atoms with Gasteiger partial charge in [0.1, 0.15) is 5.75 Å². The van der Waals surface area contributed by atoms with E-state index in [1.165, 1.54) is 0 Å². The first kappa shape index (κ1) is 14.4. The fourth-order valence-electron chi connectivity index (χ4n) is 2.25. The molecule has 0 atom stereocenters. The van der Waals surface area contributed by atoms with Crippen LogP contribution in [0.4, 0.5) is 0 Å². The molecule has 1 aromatic carbocycles. The summed E-state index contributed by atoms with van der Waals surface area (Å²) in [6, 6.07) is 7.44. The second-order valence-corrected chi connectivity index (χ2v) is 5.27. The highest BCUT2D eigenvalue weighted by Gasteiger charge is 2.44. The highest BCUT2D eigenvalue weighted by atomic mass is 16.5. The molecule has 2 N–H and O–H groups in total. The van der Waals surface area contributed by atoms with Crippen LogP contribution in [0.5, 0.6) is 5.75 Å². The van der Waals surface area contributed by atoms with E-state index in [-0.39, 0.29) is 19.1 Å². The van der Waals surface area contributed by atoms with E-state index in [1.54, 1.807) is 6.07 Å². The van der Waals surface area contributed by atoms with Crippen molar-refractivity contribution in [1.29, 1.82) is 0 Å². The molecule has 0 bridgehead atoms. The van der Waals surface area contributed by atoms with Gasteiger partial charge in [0, 0.05) is 6.54 Å². The van der Waals surface area contributed by atoms with E-state index in [0.717, 1.165) is 12.0 Å². The number of carboxylic acid groups (broad SMARTS) is 1. The molecular weight excluding hydrogens is 258 g/mol. The molecule has 0 unspecified atom stereocenters. The van der Waals surface area contributed by atoms with Crippen molar-refractivity contribution in [3.05, 3.63) is 29.8 Å². The van der Waals surface area contributed by atoms with Crippen LogP contribution in [-0.2, 0) is 9.59 Å². The Balaban J connectivity index is 1.79. The van der Waals surface area contributed by atoms with E-state index in [2.05, 4.69) is 5.32 Å². The molecule has 0 aromatic heterocycles. The maximum absolute atomic E-state index is 11.7. The fraction of sp³-hybridized carbons (Fsp3) is 0.467. The first-order valence-electron chi connectivity index (χ1n) is 6.72. The summed E-state index contributed by atoms with van der Waals surface area (Å²) in [7, 11) is 0. The molecule has 5 heteroatoms. The third kappa shape index (κ3) is 3.10. The molecule has 1 amide bonds. The first-order valence-corrected chi connectivity index (χ1v) is 6.72. The van der Waals surface area contributed by atoms with Crippen LogP contribution in [0.2, 0.25) is 0 Å². The van der Waals surface area contributed by atoms with Crippen molar-refractivity contribution >= 4 is 11.9 Å². The van der Waals surface area contributed by atoms with Crippen molar-refractivity contribution in [1.82, 2.24) is 5.32 Å². The minimum Gasteiger partial charge on any atom is -0.484 e. The van der Waals surface area contributed by atoms with Crippen molar-refractivity contribution in [2.24, 2.45) is 5.41 Å². The summed E-state index contributed by atoms with van der Waals surface area (Å²) in [5.74, 6) is -0.455. The summed E-state index contributed by atoms with van der Waals surface area (Å²) in [5, 5.41) is 11.8. The van der Waals surface area contributed by atoms with Crippen LogP contribution in [0, 0.1) is 12.3 Å². The molecule has 1 aliphatic rings. The van der Waals surface area contributed by atoms with E-state index >= 15 is 0 Å². The predicted octanol–water partition coefficient (Wildman–Crippen LogP) is 1.74. The Kier molecular flexibility index (Phi) is 4.27. The zero-order valence-corrected chi connectivity index (χ0v) is 11.5. The number of benzene rings is 1. The highest BCUT2D eigenvalue weighted by molar-refractivity contribution is 5.80. The number of carbonyl (C=O) groups excluding carboxylic acids is 1. The largest absolute Gasteiger partial charge is 0.484 e. The SMILES string of the molecule is Cc1ccccc1OCC(=O)NCC1(C(=O)O)CCC1. The quantitative estimate of drug-likeness (QED) is 0.830. The van der Waals surface area contributed by atoms with Crippen molar-refractivity contribution < 1.29 is 19.4 Å². The summed E-state index contributed by atoms with van der Waals surface area (Å²) >= 11 is 0. The maximum Gasteiger partial charge on any atom is 0.311 e. The van der Waals surface area contributed by atoms with Gasteiger partial charge in [-0.3, -0.25) is 9.59 Å². The Morgan fingerprint density at radius 2 is 2.05 bits per heavy atom. The number of nitrogens with one attached hydrogen (secondary N) is 1. The number of aliphatic carboxylic acids is 1. The minimum atomic E-state index is -0.830. The van der Waals surface area contributed by atoms with Crippen molar-refractivity contribution in [3.63, 3.8) is 0 Å². The molecule has 0 radical (unpaired) electrons. The molecule has 2 rings (SSSR count). The topological polar surface area (TPSA) is 75.6 Å². The van der Waals surface area contributed by atoms with Gasteiger partial charge in [-0.05, 0) is 31.4 Å². The second-order valence-electron chi connectivity index (χ2n) is 5.27. The van der Waals surface area contributed by atoms with Gasteiger partial charge in [-0.1, -0.05) is 24.6 Å². The van der Waals surface area contributed by atoms with Gasteiger partial charge in [0.05, 0.1) is 5.41 Å². The maximum atomic E-state index is 11.7. The number of amides is 1. The van der Waals surface area contributed by atoms with Gasteiger partial charge < -0.3 is 15.2 Å². The van der Waals surface area contributed by atoms with E-state index in [1.807, 2.05) is 25.1 Å². The van der Waals surface area contributed by atoms with Crippen molar-refractivity contribution in [3.8, 4) is 5.75 Å². The molecule has 0 spiro atoms. The number of carbonyl (C=O) groups is 2. The van der Waals surface area contributed by atoms with E-state index in [0.29, 0.717) is 18.6 Å². The van der Waals surface area contributed by atoms with Crippen LogP contribution in [0.3, 0.4) is 0 Å². The van der Waals surface area contributed by atoms with Gasteiger partial charge in [0.25, 0.3) is 5.91 Å². The molecule has 0 aliphatic heterocycles. The molecule has 5 nitrogen and oxygen atoms in total. The number of para-hydroxylation sites is 1. The zero-order valence-electron chi connectivity index (χ0n) is 11.5. The third-order valence-electron chi connectivity index (χ3n) is 3.84. The van der Waals surface area contributed by atoms with Crippen LogP contribution in [0.1, 0.15) is 24.8 Å². The van der Waals surface area contributed by atoms with Crippen LogP contribution >= 0.6 is 0 Å². The second kappa shape index (κ2) is 5.94. The average molecular weight is 277 g/mol. The van der Waals surface area contributed by atoms with Gasteiger partial charge >= 0.3 is 5.97 Å². The van der Waals surface area contributed by atoms with Crippen LogP contribution in [0.25, 0.3) is 0 Å². The van der Waals surface area contributed by atoms with Crippen molar-refractivity contribution in [2.75, 3.05) is 13.2 Å². The number of rotatable bonds is 6. The Hall–Kier alpha value is -2.04. The van der Waals surface area contributed by atoms with E-state index < -0.39 is 11.4 Å². The molecule has 0 heterocycles. The van der Waals surface area contributed by atoms with Gasteiger partial charge in [-0.25, -0.2) is 0 Å². The zero-order chi connectivity index (χ0) is 14.6. The Bertz CT molecular complexity index is 508. The number of hydrogen-bond donors (Lipinski definition) is 2. The monoisotopic (exact) mass is 277 g/mol. The summed E-state index contributed by atoms with van der Waals surface area (Å²) in [4.78, 5) is 22.9. The normalized spacial score (nSPS) is 16.1. The van der Waals surface area contributed by atoms with Gasteiger partial charge in [0.2, 0.25) is 0 Å². The summed E-state index contributed by atoms with van der Waals surface area (Å²) in [6.07, 6.45) is 2.16.